The Bertz CT molecular complexity index is 381. The van der Waals surface area contributed by atoms with E-state index in [1.807, 2.05) is 19.6 Å². The van der Waals surface area contributed by atoms with Crippen LogP contribution in [0, 0.1) is 0 Å². The minimum absolute atomic E-state index is 0.130. The summed E-state index contributed by atoms with van der Waals surface area (Å²) in [5.41, 5.74) is 1.38. The fourth-order valence-electron chi connectivity index (χ4n) is 2.62. The second kappa shape index (κ2) is 5.41. The van der Waals surface area contributed by atoms with Crippen LogP contribution in [0.3, 0.4) is 0 Å². The molecule has 1 saturated carbocycles. The van der Waals surface area contributed by atoms with E-state index in [2.05, 4.69) is 35.6 Å². The van der Waals surface area contributed by atoms with Crippen LogP contribution in [-0.4, -0.2) is 28.3 Å². The van der Waals surface area contributed by atoms with Gasteiger partial charge in [0, 0.05) is 25.4 Å². The standard InChI is InChI=1S/C14H25N3O/c1-14(2,3)16-9-11-8-15-10-17(11)12-6-5-7-13(12)18-4/h8,10,12-13,16H,5-7,9H2,1-4H3. The van der Waals surface area contributed by atoms with Crippen LogP contribution in [0.5, 0.6) is 0 Å². The van der Waals surface area contributed by atoms with Gasteiger partial charge in [-0.05, 0) is 40.0 Å². The van der Waals surface area contributed by atoms with Crippen molar-refractivity contribution in [2.24, 2.45) is 0 Å². The van der Waals surface area contributed by atoms with Gasteiger partial charge in [0.05, 0.1) is 24.2 Å². The summed E-state index contributed by atoms with van der Waals surface area (Å²) >= 11 is 0. The predicted octanol–water partition coefficient (Wildman–Crippen LogP) is 2.51. The molecule has 4 heteroatoms. The van der Waals surface area contributed by atoms with Gasteiger partial charge in [-0.25, -0.2) is 4.98 Å². The first-order chi connectivity index (χ1) is 8.51. The number of nitrogens with zero attached hydrogens (tertiary/aromatic N) is 2. The van der Waals surface area contributed by atoms with Crippen molar-refractivity contribution in [2.45, 2.75) is 64.3 Å². The summed E-state index contributed by atoms with van der Waals surface area (Å²) in [4.78, 5) is 4.30. The van der Waals surface area contributed by atoms with Crippen molar-refractivity contribution < 1.29 is 4.74 Å². The number of imidazole rings is 1. The van der Waals surface area contributed by atoms with Gasteiger partial charge in [0.25, 0.3) is 0 Å². The van der Waals surface area contributed by atoms with Gasteiger partial charge in [0.15, 0.2) is 0 Å². The lowest BCUT2D eigenvalue weighted by atomic mass is 10.1. The van der Waals surface area contributed by atoms with Gasteiger partial charge in [0.1, 0.15) is 0 Å². The van der Waals surface area contributed by atoms with Crippen LogP contribution >= 0.6 is 0 Å². The highest BCUT2D eigenvalue weighted by Crippen LogP contribution is 2.32. The first-order valence-electron chi connectivity index (χ1n) is 6.80. The van der Waals surface area contributed by atoms with Crippen molar-refractivity contribution >= 4 is 0 Å². The lowest BCUT2D eigenvalue weighted by Crippen LogP contribution is -2.36. The lowest BCUT2D eigenvalue weighted by Gasteiger charge is -2.24. The molecule has 4 nitrogen and oxygen atoms in total. The number of hydrogen-bond donors (Lipinski definition) is 1. The molecular weight excluding hydrogens is 226 g/mol. The molecule has 0 bridgehead atoms. The maximum absolute atomic E-state index is 5.58. The molecule has 0 aliphatic heterocycles. The molecule has 1 heterocycles. The number of methoxy groups -OCH3 is 1. The topological polar surface area (TPSA) is 39.1 Å². The number of hydrogen-bond acceptors (Lipinski definition) is 3. The summed E-state index contributed by atoms with van der Waals surface area (Å²) in [6, 6.07) is 0.453. The molecule has 1 aliphatic carbocycles. The molecule has 1 N–H and O–H groups in total. The Morgan fingerprint density at radius 3 is 2.89 bits per heavy atom. The van der Waals surface area contributed by atoms with Crippen LogP contribution in [-0.2, 0) is 11.3 Å². The molecule has 0 amide bonds. The molecule has 0 saturated heterocycles. The van der Waals surface area contributed by atoms with Crippen molar-refractivity contribution in [2.75, 3.05) is 7.11 Å². The molecule has 1 aromatic heterocycles. The van der Waals surface area contributed by atoms with Crippen LogP contribution in [0.4, 0.5) is 0 Å². The zero-order valence-electron chi connectivity index (χ0n) is 11.9. The maximum Gasteiger partial charge on any atom is 0.0952 e. The van der Waals surface area contributed by atoms with Crippen LogP contribution in [0.1, 0.15) is 51.8 Å². The van der Waals surface area contributed by atoms with Crippen LogP contribution < -0.4 is 5.32 Å². The fraction of sp³-hybridized carbons (Fsp3) is 0.786. The van der Waals surface area contributed by atoms with Gasteiger partial charge in [-0.3, -0.25) is 0 Å². The van der Waals surface area contributed by atoms with E-state index in [4.69, 9.17) is 4.74 Å². The second-order valence-electron chi connectivity index (χ2n) is 6.17. The van der Waals surface area contributed by atoms with E-state index in [0.717, 1.165) is 13.0 Å². The average molecular weight is 251 g/mol. The first-order valence-corrected chi connectivity index (χ1v) is 6.80. The van der Waals surface area contributed by atoms with E-state index in [1.165, 1.54) is 18.5 Å². The van der Waals surface area contributed by atoms with E-state index in [-0.39, 0.29) is 5.54 Å². The molecule has 0 radical (unpaired) electrons. The van der Waals surface area contributed by atoms with E-state index in [1.54, 1.807) is 0 Å². The first kappa shape index (κ1) is 13.6. The highest BCUT2D eigenvalue weighted by Gasteiger charge is 2.29. The number of ether oxygens (including phenoxy) is 1. The Morgan fingerprint density at radius 2 is 2.22 bits per heavy atom. The Balaban J connectivity index is 2.07. The summed E-state index contributed by atoms with van der Waals surface area (Å²) in [5.74, 6) is 0. The van der Waals surface area contributed by atoms with E-state index < -0.39 is 0 Å². The fourth-order valence-corrected chi connectivity index (χ4v) is 2.62. The highest BCUT2D eigenvalue weighted by molar-refractivity contribution is 5.03. The minimum Gasteiger partial charge on any atom is -0.379 e. The minimum atomic E-state index is 0.130. The molecule has 1 aliphatic rings. The zero-order valence-corrected chi connectivity index (χ0v) is 11.9. The average Bonchev–Trinajstić information content (AvgIpc) is 2.93. The maximum atomic E-state index is 5.58. The molecule has 18 heavy (non-hydrogen) atoms. The molecule has 0 aromatic carbocycles. The summed E-state index contributed by atoms with van der Waals surface area (Å²) < 4.78 is 7.87. The number of rotatable bonds is 4. The molecule has 0 spiro atoms. The van der Waals surface area contributed by atoms with E-state index >= 15 is 0 Å². The third-order valence-corrected chi connectivity index (χ3v) is 3.62. The Kier molecular flexibility index (Phi) is 4.07. The predicted molar refractivity (Wildman–Crippen MR) is 72.5 cm³/mol. The monoisotopic (exact) mass is 251 g/mol. The van der Waals surface area contributed by atoms with E-state index in [9.17, 15) is 0 Å². The SMILES string of the molecule is COC1CCCC1n1cncc1CNC(C)(C)C. The van der Waals surface area contributed by atoms with Gasteiger partial charge < -0.3 is 14.6 Å². The third-order valence-electron chi connectivity index (χ3n) is 3.62. The quantitative estimate of drug-likeness (QED) is 0.893. The molecule has 102 valence electrons. The summed E-state index contributed by atoms with van der Waals surface area (Å²) in [6.07, 6.45) is 7.84. The Labute approximate surface area is 110 Å². The number of nitrogens with one attached hydrogen (secondary N) is 1. The normalized spacial score (nSPS) is 24.7. The summed E-state index contributed by atoms with van der Waals surface area (Å²) in [5, 5.41) is 3.52. The lowest BCUT2D eigenvalue weighted by molar-refractivity contribution is 0.0739. The molecule has 2 unspecified atom stereocenters. The van der Waals surface area contributed by atoms with Crippen LogP contribution in [0.15, 0.2) is 12.5 Å². The largest absolute Gasteiger partial charge is 0.379 e. The molecule has 1 aromatic rings. The summed E-state index contributed by atoms with van der Waals surface area (Å²) in [6.45, 7) is 7.40. The van der Waals surface area contributed by atoms with Gasteiger partial charge in [0.2, 0.25) is 0 Å². The Hall–Kier alpha value is -0.870. The second-order valence-corrected chi connectivity index (χ2v) is 6.17. The van der Waals surface area contributed by atoms with Gasteiger partial charge in [-0.2, -0.15) is 0 Å². The van der Waals surface area contributed by atoms with E-state index in [0.29, 0.717) is 12.1 Å². The highest BCUT2D eigenvalue weighted by atomic mass is 16.5. The van der Waals surface area contributed by atoms with Gasteiger partial charge in [-0.1, -0.05) is 0 Å². The molecule has 2 rings (SSSR count). The molecular formula is C14H25N3O. The third kappa shape index (κ3) is 3.12. The zero-order chi connectivity index (χ0) is 13.2. The molecule has 1 fully saturated rings. The van der Waals surface area contributed by atoms with Gasteiger partial charge in [-0.15, -0.1) is 0 Å². The van der Waals surface area contributed by atoms with Crippen molar-refractivity contribution in [1.29, 1.82) is 0 Å². The summed E-state index contributed by atoms with van der Waals surface area (Å²) in [7, 11) is 1.81. The molecule has 2 atom stereocenters. The van der Waals surface area contributed by atoms with Crippen molar-refractivity contribution in [3.63, 3.8) is 0 Å². The van der Waals surface area contributed by atoms with Crippen LogP contribution in [0.2, 0.25) is 0 Å². The van der Waals surface area contributed by atoms with Crippen molar-refractivity contribution in [3.05, 3.63) is 18.2 Å². The number of aromatic nitrogens is 2. The van der Waals surface area contributed by atoms with Crippen molar-refractivity contribution in [3.8, 4) is 0 Å². The van der Waals surface area contributed by atoms with Gasteiger partial charge >= 0.3 is 0 Å². The van der Waals surface area contributed by atoms with Crippen LogP contribution in [0.25, 0.3) is 0 Å². The Morgan fingerprint density at radius 1 is 1.44 bits per heavy atom. The van der Waals surface area contributed by atoms with Crippen molar-refractivity contribution in [1.82, 2.24) is 14.9 Å². The smallest absolute Gasteiger partial charge is 0.0952 e.